The van der Waals surface area contributed by atoms with Crippen molar-refractivity contribution in [3.63, 3.8) is 0 Å². The number of hydrogen-bond acceptors (Lipinski definition) is 0. The first-order chi connectivity index (χ1) is 3.31. The minimum atomic E-state index is -0.350. The van der Waals surface area contributed by atoms with Crippen LogP contribution in [-0.4, -0.2) is 5.88 Å². The molecule has 7 heavy (non-hydrogen) atoms. The van der Waals surface area contributed by atoms with Crippen molar-refractivity contribution in [1.29, 1.82) is 0 Å². The predicted molar refractivity (Wildman–Crippen MR) is 30.1 cm³/mol. The summed E-state index contributed by atoms with van der Waals surface area (Å²) in [4.78, 5) is 0. The van der Waals surface area contributed by atoms with Gasteiger partial charge in [0.1, 0.15) is 5.83 Å². The summed E-state index contributed by atoms with van der Waals surface area (Å²) in [5.74, 6) is -0.414. The second kappa shape index (κ2) is 3.88. The zero-order valence-electron chi connectivity index (χ0n) is 3.82. The second-order valence-corrected chi connectivity index (χ2v) is 1.25. The number of alkyl halides is 1. The van der Waals surface area contributed by atoms with Gasteiger partial charge in [0.25, 0.3) is 0 Å². The SMILES string of the molecule is C=C/C=C(/F)CCl. The Labute approximate surface area is 47.3 Å². The Morgan fingerprint density at radius 2 is 2.43 bits per heavy atom. The maximum absolute atomic E-state index is 11.8. The van der Waals surface area contributed by atoms with Crippen LogP contribution in [0.2, 0.25) is 0 Å². The molecule has 0 nitrogen and oxygen atoms in total. The van der Waals surface area contributed by atoms with E-state index in [9.17, 15) is 4.39 Å². The minimum Gasteiger partial charge on any atom is -0.210 e. The van der Waals surface area contributed by atoms with E-state index in [0.717, 1.165) is 0 Å². The molecule has 0 fully saturated rings. The molecular weight excluding hydrogens is 115 g/mol. The van der Waals surface area contributed by atoms with Gasteiger partial charge in [0.2, 0.25) is 0 Å². The predicted octanol–water partition coefficient (Wildman–Crippen LogP) is 2.26. The lowest BCUT2D eigenvalue weighted by atomic mass is 10.5. The van der Waals surface area contributed by atoms with Crippen LogP contribution in [0.25, 0.3) is 0 Å². The van der Waals surface area contributed by atoms with Crippen molar-refractivity contribution in [3.8, 4) is 0 Å². The zero-order valence-corrected chi connectivity index (χ0v) is 4.58. The van der Waals surface area contributed by atoms with Gasteiger partial charge in [-0.25, -0.2) is 4.39 Å². The van der Waals surface area contributed by atoms with Crippen LogP contribution in [0, 0.1) is 0 Å². The number of hydrogen-bond donors (Lipinski definition) is 0. The van der Waals surface area contributed by atoms with Crippen molar-refractivity contribution >= 4 is 11.6 Å². The Balaban J connectivity index is 3.49. The van der Waals surface area contributed by atoms with Crippen LogP contribution in [0.15, 0.2) is 24.6 Å². The molecule has 0 atom stereocenters. The van der Waals surface area contributed by atoms with Crippen molar-refractivity contribution < 1.29 is 4.39 Å². The van der Waals surface area contributed by atoms with Crippen molar-refractivity contribution in [2.75, 3.05) is 5.88 Å². The third-order valence-electron chi connectivity index (χ3n) is 0.426. The standard InChI is InChI=1S/C5H6ClF/c1-2-3-5(7)4-6/h2-3H,1,4H2/b5-3+. The molecule has 0 N–H and O–H groups in total. The molecule has 0 aliphatic carbocycles. The summed E-state index contributed by atoms with van der Waals surface area (Å²) in [6, 6.07) is 0. The van der Waals surface area contributed by atoms with Crippen LogP contribution in [0.1, 0.15) is 0 Å². The molecule has 0 bridgehead atoms. The Morgan fingerprint density at radius 1 is 1.86 bits per heavy atom. The van der Waals surface area contributed by atoms with Crippen molar-refractivity contribution in [1.82, 2.24) is 0 Å². The van der Waals surface area contributed by atoms with Crippen molar-refractivity contribution in [2.45, 2.75) is 0 Å². The first-order valence-electron chi connectivity index (χ1n) is 1.84. The van der Waals surface area contributed by atoms with Gasteiger partial charge in [0.15, 0.2) is 0 Å². The molecule has 0 radical (unpaired) electrons. The topological polar surface area (TPSA) is 0 Å². The Bertz CT molecular complexity index is 86.1. The minimum absolute atomic E-state index is 0.0635. The van der Waals surface area contributed by atoms with E-state index in [1.165, 1.54) is 12.2 Å². The van der Waals surface area contributed by atoms with Gasteiger partial charge >= 0.3 is 0 Å². The molecule has 0 unspecified atom stereocenters. The van der Waals surface area contributed by atoms with E-state index in [1.807, 2.05) is 0 Å². The highest BCUT2D eigenvalue weighted by Crippen LogP contribution is 1.97. The van der Waals surface area contributed by atoms with Gasteiger partial charge in [-0.1, -0.05) is 12.7 Å². The fourth-order valence-electron chi connectivity index (χ4n) is 0.172. The van der Waals surface area contributed by atoms with E-state index in [2.05, 4.69) is 6.58 Å². The van der Waals surface area contributed by atoms with E-state index in [0.29, 0.717) is 0 Å². The average molecular weight is 121 g/mol. The lowest BCUT2D eigenvalue weighted by molar-refractivity contribution is 0.643. The molecule has 0 saturated heterocycles. The van der Waals surface area contributed by atoms with E-state index in [1.54, 1.807) is 0 Å². The van der Waals surface area contributed by atoms with Crippen LogP contribution in [0.5, 0.6) is 0 Å². The van der Waals surface area contributed by atoms with Crippen LogP contribution in [0.3, 0.4) is 0 Å². The van der Waals surface area contributed by atoms with Crippen LogP contribution >= 0.6 is 11.6 Å². The highest BCUT2D eigenvalue weighted by molar-refractivity contribution is 6.19. The molecule has 0 aliphatic heterocycles. The van der Waals surface area contributed by atoms with Crippen LogP contribution in [-0.2, 0) is 0 Å². The molecule has 0 amide bonds. The molecule has 0 spiro atoms. The van der Waals surface area contributed by atoms with Crippen LogP contribution < -0.4 is 0 Å². The molecule has 0 rings (SSSR count). The normalized spacial score (nSPS) is 11.4. The molecule has 0 heterocycles. The van der Waals surface area contributed by atoms with E-state index < -0.39 is 0 Å². The fraction of sp³-hybridized carbons (Fsp3) is 0.200. The summed E-state index contributed by atoms with van der Waals surface area (Å²) < 4.78 is 11.8. The summed E-state index contributed by atoms with van der Waals surface area (Å²) in [5, 5.41) is 0. The molecule has 0 aromatic heterocycles. The molecule has 2 heteroatoms. The smallest absolute Gasteiger partial charge is 0.115 e. The maximum atomic E-state index is 11.8. The van der Waals surface area contributed by atoms with Gasteiger partial charge in [0.05, 0.1) is 5.88 Å². The lowest BCUT2D eigenvalue weighted by Gasteiger charge is -1.79. The molecule has 0 aliphatic rings. The summed E-state index contributed by atoms with van der Waals surface area (Å²) in [6.45, 7) is 3.27. The van der Waals surface area contributed by atoms with Gasteiger partial charge in [-0.05, 0) is 6.08 Å². The van der Waals surface area contributed by atoms with Gasteiger partial charge in [-0.2, -0.15) is 0 Å². The van der Waals surface area contributed by atoms with E-state index in [4.69, 9.17) is 11.6 Å². The Kier molecular flexibility index (Phi) is 3.71. The molecule has 40 valence electrons. The zero-order chi connectivity index (χ0) is 5.70. The molecular formula is C5H6ClF. The molecule has 0 saturated carbocycles. The number of allylic oxidation sites excluding steroid dienone is 3. The lowest BCUT2D eigenvalue weighted by Crippen LogP contribution is -1.68. The van der Waals surface area contributed by atoms with Crippen LogP contribution in [0.4, 0.5) is 4.39 Å². The highest BCUT2D eigenvalue weighted by Gasteiger charge is 1.82. The monoisotopic (exact) mass is 120 g/mol. The van der Waals surface area contributed by atoms with E-state index >= 15 is 0 Å². The van der Waals surface area contributed by atoms with Crippen molar-refractivity contribution in [3.05, 3.63) is 24.6 Å². The maximum Gasteiger partial charge on any atom is 0.115 e. The van der Waals surface area contributed by atoms with Crippen molar-refractivity contribution in [2.24, 2.45) is 0 Å². The molecule has 0 aromatic carbocycles. The Hall–Kier alpha value is -0.300. The third kappa shape index (κ3) is 3.53. The average Bonchev–Trinajstić information content (AvgIpc) is 1.68. The third-order valence-corrected chi connectivity index (χ3v) is 0.682. The van der Waals surface area contributed by atoms with Gasteiger partial charge in [-0.3, -0.25) is 0 Å². The summed E-state index contributed by atoms with van der Waals surface area (Å²) >= 11 is 5.04. The van der Waals surface area contributed by atoms with E-state index in [-0.39, 0.29) is 11.7 Å². The van der Waals surface area contributed by atoms with Gasteiger partial charge in [-0.15, -0.1) is 11.6 Å². The summed E-state index contributed by atoms with van der Waals surface area (Å²) in [7, 11) is 0. The largest absolute Gasteiger partial charge is 0.210 e. The number of halogens is 2. The summed E-state index contributed by atoms with van der Waals surface area (Å²) in [6.07, 6.45) is 2.59. The first-order valence-corrected chi connectivity index (χ1v) is 2.37. The number of rotatable bonds is 2. The van der Waals surface area contributed by atoms with Gasteiger partial charge in [0, 0.05) is 0 Å². The van der Waals surface area contributed by atoms with Gasteiger partial charge < -0.3 is 0 Å². The fourth-order valence-corrected chi connectivity index (χ4v) is 0.262. The summed E-state index contributed by atoms with van der Waals surface area (Å²) in [5.41, 5.74) is 0. The highest BCUT2D eigenvalue weighted by atomic mass is 35.5. The second-order valence-electron chi connectivity index (χ2n) is 0.983. The molecule has 0 aromatic rings. The Morgan fingerprint density at radius 3 is 2.57 bits per heavy atom. The quantitative estimate of drug-likeness (QED) is 0.387. The first kappa shape index (κ1) is 6.70.